The molecule has 0 spiro atoms. The number of aromatic nitrogens is 6. The minimum atomic E-state index is -0.201. The van der Waals surface area contributed by atoms with Crippen LogP contribution in [0.3, 0.4) is 0 Å². The van der Waals surface area contributed by atoms with Crippen LogP contribution in [0.5, 0.6) is 0 Å². The smallest absolute Gasteiger partial charge is 0.255 e. The largest absolute Gasteiger partial charge is 0.322 e. The monoisotopic (exact) mass is 393 g/mol. The van der Waals surface area contributed by atoms with Crippen molar-refractivity contribution in [2.45, 2.75) is 13.8 Å². The van der Waals surface area contributed by atoms with Crippen LogP contribution in [0.2, 0.25) is 5.02 Å². The van der Waals surface area contributed by atoms with Crippen molar-refractivity contribution >= 4 is 23.2 Å². The van der Waals surface area contributed by atoms with Gasteiger partial charge >= 0.3 is 0 Å². The normalized spacial score (nSPS) is 10.8. The Balaban J connectivity index is 1.48. The minimum absolute atomic E-state index is 0.201. The number of nitrogens with zero attached hydrogens (tertiary/aromatic N) is 6. The van der Waals surface area contributed by atoms with Gasteiger partial charge in [-0.1, -0.05) is 11.6 Å². The van der Waals surface area contributed by atoms with Gasteiger partial charge in [-0.2, -0.15) is 5.10 Å². The molecule has 1 amide bonds. The Labute approximate surface area is 165 Å². The number of carbonyl (C=O) groups is 1. The Morgan fingerprint density at radius 1 is 1.00 bits per heavy atom. The standard InChI is InChI=1S/C19H16ClN7O/c1-12-18(20)13(2)27(23-12)17-7-3-14(4-8-17)19(28)22-15-5-9-16(10-6-15)26-11-21-24-25-26/h3-11H,1-2H3,(H,22,28). The predicted octanol–water partition coefficient (Wildman–Crippen LogP) is 3.37. The highest BCUT2D eigenvalue weighted by atomic mass is 35.5. The summed E-state index contributed by atoms with van der Waals surface area (Å²) in [4.78, 5) is 12.5. The van der Waals surface area contributed by atoms with Crippen LogP contribution >= 0.6 is 11.6 Å². The number of hydrogen-bond donors (Lipinski definition) is 1. The van der Waals surface area contributed by atoms with E-state index in [1.807, 2.05) is 38.1 Å². The first-order chi connectivity index (χ1) is 13.5. The molecule has 4 rings (SSSR count). The summed E-state index contributed by atoms with van der Waals surface area (Å²) in [5.41, 5.74) is 4.49. The first-order valence-corrected chi connectivity index (χ1v) is 8.87. The van der Waals surface area contributed by atoms with Gasteiger partial charge in [0.15, 0.2) is 0 Å². The number of benzene rings is 2. The second-order valence-electron chi connectivity index (χ2n) is 6.20. The van der Waals surface area contributed by atoms with E-state index in [-0.39, 0.29) is 5.91 Å². The van der Waals surface area contributed by atoms with Gasteiger partial charge in [0, 0.05) is 11.3 Å². The van der Waals surface area contributed by atoms with Crippen LogP contribution in [-0.2, 0) is 0 Å². The molecule has 0 radical (unpaired) electrons. The fraction of sp³-hybridized carbons (Fsp3) is 0.105. The molecule has 0 aliphatic carbocycles. The van der Waals surface area contributed by atoms with Gasteiger partial charge in [0.2, 0.25) is 0 Å². The van der Waals surface area contributed by atoms with Crippen LogP contribution in [0, 0.1) is 13.8 Å². The topological polar surface area (TPSA) is 90.5 Å². The Hall–Kier alpha value is -3.52. The van der Waals surface area contributed by atoms with Crippen LogP contribution in [0.1, 0.15) is 21.7 Å². The lowest BCUT2D eigenvalue weighted by molar-refractivity contribution is 0.102. The summed E-state index contributed by atoms with van der Waals surface area (Å²) >= 11 is 6.20. The van der Waals surface area contributed by atoms with Gasteiger partial charge in [-0.25, -0.2) is 9.36 Å². The summed E-state index contributed by atoms with van der Waals surface area (Å²) in [7, 11) is 0. The fourth-order valence-corrected chi connectivity index (χ4v) is 2.93. The molecule has 0 saturated carbocycles. The van der Waals surface area contributed by atoms with E-state index in [0.717, 1.165) is 22.8 Å². The highest BCUT2D eigenvalue weighted by molar-refractivity contribution is 6.31. The lowest BCUT2D eigenvalue weighted by Gasteiger charge is -2.08. The Kier molecular flexibility index (Phi) is 4.62. The number of aryl methyl sites for hydroxylation is 1. The molecule has 0 fully saturated rings. The maximum Gasteiger partial charge on any atom is 0.255 e. The average Bonchev–Trinajstić information content (AvgIpc) is 3.34. The Bertz CT molecular complexity index is 1120. The summed E-state index contributed by atoms with van der Waals surface area (Å²) in [6.07, 6.45) is 1.51. The molecule has 0 aliphatic heterocycles. The lowest BCUT2D eigenvalue weighted by atomic mass is 10.2. The van der Waals surface area contributed by atoms with E-state index in [1.165, 1.54) is 11.0 Å². The van der Waals surface area contributed by atoms with Gasteiger partial charge in [0.1, 0.15) is 6.33 Å². The highest BCUT2D eigenvalue weighted by Gasteiger charge is 2.12. The summed E-state index contributed by atoms with van der Waals surface area (Å²) in [5, 5.41) is 19.0. The average molecular weight is 394 g/mol. The van der Waals surface area contributed by atoms with Gasteiger partial charge in [-0.3, -0.25) is 4.79 Å². The van der Waals surface area contributed by atoms with Crippen molar-refractivity contribution in [3.05, 3.63) is 76.8 Å². The molecule has 2 aromatic heterocycles. The number of rotatable bonds is 4. The van der Waals surface area contributed by atoms with Gasteiger partial charge < -0.3 is 5.32 Å². The minimum Gasteiger partial charge on any atom is -0.322 e. The molecule has 0 bridgehead atoms. The van der Waals surface area contributed by atoms with Crippen molar-refractivity contribution < 1.29 is 4.79 Å². The zero-order chi connectivity index (χ0) is 19.7. The number of tetrazole rings is 1. The molecule has 0 unspecified atom stereocenters. The van der Waals surface area contributed by atoms with Crippen LogP contribution in [-0.4, -0.2) is 35.9 Å². The Morgan fingerprint density at radius 3 is 2.25 bits per heavy atom. The first kappa shape index (κ1) is 17.9. The molecule has 28 heavy (non-hydrogen) atoms. The van der Waals surface area contributed by atoms with Gasteiger partial charge in [0.25, 0.3) is 5.91 Å². The van der Waals surface area contributed by atoms with E-state index in [4.69, 9.17) is 11.6 Å². The van der Waals surface area contributed by atoms with Gasteiger partial charge in [0.05, 0.1) is 27.8 Å². The molecule has 140 valence electrons. The molecule has 2 aromatic carbocycles. The second kappa shape index (κ2) is 7.24. The molecular formula is C19H16ClN7O. The molecule has 4 aromatic rings. The third-order valence-corrected chi connectivity index (χ3v) is 4.86. The summed E-state index contributed by atoms with van der Waals surface area (Å²) in [6.45, 7) is 3.76. The number of carbonyl (C=O) groups excluding carboxylic acids is 1. The van der Waals surface area contributed by atoms with Crippen LogP contribution in [0.25, 0.3) is 11.4 Å². The molecule has 0 atom stereocenters. The maximum atomic E-state index is 12.5. The van der Waals surface area contributed by atoms with Crippen molar-refractivity contribution in [2.75, 3.05) is 5.32 Å². The molecular weight excluding hydrogens is 378 g/mol. The molecule has 0 saturated heterocycles. The Morgan fingerprint density at radius 2 is 1.68 bits per heavy atom. The zero-order valence-corrected chi connectivity index (χ0v) is 15.9. The van der Waals surface area contributed by atoms with Gasteiger partial charge in [-0.05, 0) is 72.8 Å². The molecule has 8 nitrogen and oxygen atoms in total. The molecule has 0 aliphatic rings. The summed E-state index contributed by atoms with van der Waals surface area (Å²) in [6, 6.07) is 14.4. The quantitative estimate of drug-likeness (QED) is 0.574. The fourth-order valence-electron chi connectivity index (χ4n) is 2.81. The highest BCUT2D eigenvalue weighted by Crippen LogP contribution is 2.22. The number of halogens is 1. The maximum absolute atomic E-state index is 12.5. The third kappa shape index (κ3) is 3.37. The number of anilines is 1. The SMILES string of the molecule is Cc1nn(-c2ccc(C(=O)Nc3ccc(-n4cnnn4)cc3)cc2)c(C)c1Cl. The predicted molar refractivity (Wildman–Crippen MR) is 105 cm³/mol. The van der Waals surface area contributed by atoms with Crippen molar-refractivity contribution in [3.8, 4) is 11.4 Å². The van der Waals surface area contributed by atoms with E-state index in [0.29, 0.717) is 16.3 Å². The van der Waals surface area contributed by atoms with Crippen molar-refractivity contribution in [3.63, 3.8) is 0 Å². The van der Waals surface area contributed by atoms with E-state index in [2.05, 4.69) is 25.9 Å². The molecule has 9 heteroatoms. The van der Waals surface area contributed by atoms with Crippen LogP contribution < -0.4 is 5.32 Å². The summed E-state index contributed by atoms with van der Waals surface area (Å²) in [5.74, 6) is -0.201. The van der Waals surface area contributed by atoms with Gasteiger partial charge in [-0.15, -0.1) is 5.10 Å². The van der Waals surface area contributed by atoms with Crippen LogP contribution in [0.15, 0.2) is 54.9 Å². The first-order valence-electron chi connectivity index (χ1n) is 8.50. The zero-order valence-electron chi connectivity index (χ0n) is 15.2. The third-order valence-electron chi connectivity index (χ3n) is 4.32. The molecule has 1 N–H and O–H groups in total. The number of nitrogens with one attached hydrogen (secondary N) is 1. The van der Waals surface area contributed by atoms with Crippen molar-refractivity contribution in [1.29, 1.82) is 0 Å². The second-order valence-corrected chi connectivity index (χ2v) is 6.58. The van der Waals surface area contributed by atoms with E-state index in [1.54, 1.807) is 28.9 Å². The van der Waals surface area contributed by atoms with E-state index < -0.39 is 0 Å². The number of amides is 1. The van der Waals surface area contributed by atoms with Crippen LogP contribution in [0.4, 0.5) is 5.69 Å². The van der Waals surface area contributed by atoms with E-state index >= 15 is 0 Å². The summed E-state index contributed by atoms with van der Waals surface area (Å²) < 4.78 is 3.30. The van der Waals surface area contributed by atoms with Crippen molar-refractivity contribution in [2.24, 2.45) is 0 Å². The lowest BCUT2D eigenvalue weighted by Crippen LogP contribution is -2.12. The molecule has 2 heterocycles. The number of hydrogen-bond acceptors (Lipinski definition) is 5. The van der Waals surface area contributed by atoms with E-state index in [9.17, 15) is 4.79 Å². The van der Waals surface area contributed by atoms with Crippen molar-refractivity contribution in [1.82, 2.24) is 30.0 Å².